The first-order valence-corrected chi connectivity index (χ1v) is 17.1. The number of hydrogen-bond acceptors (Lipinski definition) is 4. The molecule has 242 valence electrons. The molecule has 0 unspecified atom stereocenters. The average molecular weight is 648 g/mol. The molecule has 5 nitrogen and oxygen atoms in total. The lowest BCUT2D eigenvalue weighted by Gasteiger charge is -2.23. The van der Waals surface area contributed by atoms with Gasteiger partial charge in [0.1, 0.15) is 13.0 Å². The summed E-state index contributed by atoms with van der Waals surface area (Å²) in [6, 6.07) is 55.9. The quantitative estimate of drug-likeness (QED) is 0.158. The highest BCUT2D eigenvalue weighted by atomic mass is 15.6. The van der Waals surface area contributed by atoms with Gasteiger partial charge in [0.15, 0.2) is 0 Å². The third kappa shape index (κ3) is 6.12. The second-order valence-corrected chi connectivity index (χ2v) is 13.1. The summed E-state index contributed by atoms with van der Waals surface area (Å²) < 4.78 is 2.06. The summed E-state index contributed by atoms with van der Waals surface area (Å²) >= 11 is 0. The molecule has 6 aromatic carbocycles. The van der Waals surface area contributed by atoms with Crippen LogP contribution >= 0.6 is 0 Å². The number of hydrazone groups is 1. The maximum atomic E-state index is 5.21. The Morgan fingerprint density at radius 1 is 0.540 bits per heavy atom. The lowest BCUT2D eigenvalue weighted by Crippen LogP contribution is -2.54. The molecule has 0 N–H and O–H groups in total. The molecular weight excluding hydrogens is 609 g/mol. The molecule has 0 fully saturated rings. The van der Waals surface area contributed by atoms with Gasteiger partial charge in [-0.1, -0.05) is 148 Å². The lowest BCUT2D eigenvalue weighted by molar-refractivity contribution is 0.892. The van der Waals surface area contributed by atoms with Gasteiger partial charge in [-0.15, -0.1) is 0 Å². The third-order valence-electron chi connectivity index (χ3n) is 9.53. The standard InChI is InChI=1S/C44H38BN5/c1-32-25-33(2)44(34(3)26-32)45(38-19-14-24-41(28-38)49-31-48(30-46-49)39-20-9-5-10-21-39)37-18-13-17-36(27-37)42-29-43(35-15-7-4-8-16-35)50(47-42)40-22-11-6-12-23-40/h4-30H,31H2,1-3H3. The van der Waals surface area contributed by atoms with Crippen molar-refractivity contribution in [3.63, 3.8) is 0 Å². The van der Waals surface area contributed by atoms with Crippen LogP contribution in [0.15, 0.2) is 163 Å². The fraction of sp³-hybridized carbons (Fsp3) is 0.0909. The topological polar surface area (TPSA) is 36.7 Å². The molecule has 6 heteroatoms. The van der Waals surface area contributed by atoms with Gasteiger partial charge in [-0.2, -0.15) is 10.2 Å². The molecule has 7 aromatic rings. The Morgan fingerprint density at radius 2 is 1.12 bits per heavy atom. The van der Waals surface area contributed by atoms with E-state index in [1.54, 1.807) is 0 Å². The van der Waals surface area contributed by atoms with Gasteiger partial charge in [0, 0.05) is 16.8 Å². The zero-order chi connectivity index (χ0) is 34.0. The molecule has 2 heterocycles. The van der Waals surface area contributed by atoms with Crippen LogP contribution in [0.25, 0.3) is 28.2 Å². The summed E-state index contributed by atoms with van der Waals surface area (Å²) in [5, 5.41) is 12.1. The Balaban J connectivity index is 1.22. The highest BCUT2D eigenvalue weighted by molar-refractivity contribution is 6.96. The van der Waals surface area contributed by atoms with E-state index in [4.69, 9.17) is 10.2 Å². The summed E-state index contributed by atoms with van der Waals surface area (Å²) in [7, 11) is 0. The molecule has 0 saturated carbocycles. The van der Waals surface area contributed by atoms with E-state index in [1.165, 1.54) is 33.1 Å². The minimum absolute atomic E-state index is 0.0112. The molecule has 0 atom stereocenters. The van der Waals surface area contributed by atoms with Crippen LogP contribution in [0.1, 0.15) is 16.7 Å². The number of para-hydroxylation sites is 2. The predicted molar refractivity (Wildman–Crippen MR) is 211 cm³/mol. The van der Waals surface area contributed by atoms with E-state index in [0.29, 0.717) is 6.67 Å². The van der Waals surface area contributed by atoms with E-state index >= 15 is 0 Å². The summed E-state index contributed by atoms with van der Waals surface area (Å²) in [5.74, 6) is 0. The van der Waals surface area contributed by atoms with Crippen LogP contribution in [0.3, 0.4) is 0 Å². The highest BCUT2D eigenvalue weighted by Gasteiger charge is 2.27. The molecule has 8 rings (SSSR count). The van der Waals surface area contributed by atoms with E-state index in [2.05, 4.69) is 181 Å². The van der Waals surface area contributed by atoms with Crippen molar-refractivity contribution in [3.05, 3.63) is 174 Å². The van der Waals surface area contributed by atoms with E-state index in [9.17, 15) is 0 Å². The molecule has 1 aliphatic heterocycles. The third-order valence-corrected chi connectivity index (χ3v) is 9.53. The number of anilines is 2. The molecule has 1 aromatic heterocycles. The lowest BCUT2D eigenvalue weighted by atomic mass is 9.35. The van der Waals surface area contributed by atoms with E-state index in [0.717, 1.165) is 39.6 Å². The molecular formula is C44H38BN5. The fourth-order valence-corrected chi connectivity index (χ4v) is 7.28. The SMILES string of the molecule is Cc1cc(C)c(B(c2cccc(-c3cc(-c4ccccc4)n(-c4ccccc4)n3)c2)c2cccc(N3CN(c4ccccc4)C=N3)c2)c(C)c1. The Morgan fingerprint density at radius 3 is 1.82 bits per heavy atom. The number of benzene rings is 6. The molecule has 0 radical (unpaired) electrons. The van der Waals surface area contributed by atoms with Crippen molar-refractivity contribution in [2.45, 2.75) is 20.8 Å². The van der Waals surface area contributed by atoms with Crippen molar-refractivity contribution in [3.8, 4) is 28.2 Å². The van der Waals surface area contributed by atoms with Crippen molar-refractivity contribution in [2.24, 2.45) is 5.10 Å². The monoisotopic (exact) mass is 647 g/mol. The maximum absolute atomic E-state index is 5.21. The van der Waals surface area contributed by atoms with Gasteiger partial charge < -0.3 is 4.90 Å². The van der Waals surface area contributed by atoms with Crippen molar-refractivity contribution >= 4 is 40.8 Å². The fourth-order valence-electron chi connectivity index (χ4n) is 7.28. The summed E-state index contributed by atoms with van der Waals surface area (Å²) in [5.41, 5.74) is 15.1. The van der Waals surface area contributed by atoms with Gasteiger partial charge in [-0.05, 0) is 63.2 Å². The summed E-state index contributed by atoms with van der Waals surface area (Å²) in [6.07, 6.45) is 1.91. The van der Waals surface area contributed by atoms with E-state index in [-0.39, 0.29) is 6.71 Å². The molecule has 50 heavy (non-hydrogen) atoms. The van der Waals surface area contributed by atoms with Crippen LogP contribution in [-0.2, 0) is 0 Å². The predicted octanol–water partition coefficient (Wildman–Crippen LogP) is 7.88. The van der Waals surface area contributed by atoms with Gasteiger partial charge in [0.25, 0.3) is 0 Å². The zero-order valence-electron chi connectivity index (χ0n) is 28.6. The van der Waals surface area contributed by atoms with Crippen molar-refractivity contribution in [1.29, 1.82) is 0 Å². The first kappa shape index (κ1) is 31.2. The zero-order valence-corrected chi connectivity index (χ0v) is 28.6. The highest BCUT2D eigenvalue weighted by Crippen LogP contribution is 2.29. The number of nitrogens with zero attached hydrogens (tertiary/aromatic N) is 5. The Kier molecular flexibility index (Phi) is 8.35. The van der Waals surface area contributed by atoms with Crippen LogP contribution in [0.5, 0.6) is 0 Å². The summed E-state index contributed by atoms with van der Waals surface area (Å²) in [4.78, 5) is 2.17. The van der Waals surface area contributed by atoms with Gasteiger partial charge in [0.2, 0.25) is 6.71 Å². The van der Waals surface area contributed by atoms with Gasteiger partial charge >= 0.3 is 0 Å². The van der Waals surface area contributed by atoms with E-state index < -0.39 is 0 Å². The molecule has 0 aliphatic carbocycles. The largest absolute Gasteiger partial charge is 0.311 e. The Hall–Kier alpha value is -6.14. The second kappa shape index (κ2) is 13.4. The minimum Gasteiger partial charge on any atom is -0.311 e. The van der Waals surface area contributed by atoms with Crippen LogP contribution in [-0.4, -0.2) is 29.5 Å². The van der Waals surface area contributed by atoms with Crippen LogP contribution in [0.2, 0.25) is 0 Å². The minimum atomic E-state index is 0.0112. The van der Waals surface area contributed by atoms with Crippen LogP contribution in [0.4, 0.5) is 11.4 Å². The first-order chi connectivity index (χ1) is 24.5. The normalized spacial score (nSPS) is 12.5. The van der Waals surface area contributed by atoms with Gasteiger partial charge in [-0.3, -0.25) is 0 Å². The maximum Gasteiger partial charge on any atom is 0.242 e. The molecule has 1 aliphatic rings. The van der Waals surface area contributed by atoms with Crippen molar-refractivity contribution < 1.29 is 0 Å². The van der Waals surface area contributed by atoms with Crippen LogP contribution in [0, 0.1) is 20.8 Å². The Labute approximate surface area is 294 Å². The van der Waals surface area contributed by atoms with Crippen molar-refractivity contribution in [2.75, 3.05) is 16.6 Å². The van der Waals surface area contributed by atoms with E-state index in [1.807, 2.05) is 18.5 Å². The average Bonchev–Trinajstić information content (AvgIpc) is 3.84. The molecule has 0 saturated heterocycles. The molecule has 0 amide bonds. The second-order valence-electron chi connectivity index (χ2n) is 13.1. The molecule has 0 bridgehead atoms. The first-order valence-electron chi connectivity index (χ1n) is 17.1. The number of aryl methyl sites for hydroxylation is 3. The Bertz CT molecular complexity index is 2220. The summed E-state index contributed by atoms with van der Waals surface area (Å²) in [6.45, 7) is 7.33. The number of hydrogen-bond donors (Lipinski definition) is 0. The van der Waals surface area contributed by atoms with Gasteiger partial charge in [-0.25, -0.2) is 9.69 Å². The van der Waals surface area contributed by atoms with Crippen molar-refractivity contribution in [1.82, 2.24) is 9.78 Å². The molecule has 0 spiro atoms. The van der Waals surface area contributed by atoms with Gasteiger partial charge in [0.05, 0.1) is 22.8 Å². The smallest absolute Gasteiger partial charge is 0.242 e. The van der Waals surface area contributed by atoms with Crippen LogP contribution < -0.4 is 26.3 Å². The number of rotatable bonds is 8. The number of aromatic nitrogens is 2.